The molecule has 1 aliphatic rings. The van der Waals surface area contributed by atoms with E-state index in [9.17, 15) is 32.3 Å². The van der Waals surface area contributed by atoms with E-state index >= 15 is 0 Å². The number of alkyl halides is 4. The van der Waals surface area contributed by atoms with Crippen molar-refractivity contribution < 1.29 is 32.3 Å². The number of likely N-dealkylation sites (N-methyl/N-ethyl adjacent to an activating group) is 1. The van der Waals surface area contributed by atoms with Crippen LogP contribution in [0.15, 0.2) is 66.8 Å². The monoisotopic (exact) mass is 591 g/mol. The SMILES string of the molecule is CN1NN(C[C@H](F)CCn2cc(C(=O)N[C@H](CO)c3ccccc3)nn2)C=C1C(=O)NCc1cc(C(F)(F)F)ccn1. The molecule has 2 aromatic heterocycles. The Labute approximate surface area is 237 Å². The summed E-state index contributed by atoms with van der Waals surface area (Å²) in [4.78, 5) is 29.0. The van der Waals surface area contributed by atoms with Gasteiger partial charge < -0.3 is 15.7 Å². The fourth-order valence-corrected chi connectivity index (χ4v) is 4.07. The number of rotatable bonds is 12. The second kappa shape index (κ2) is 13.4. The number of hydrogen-bond acceptors (Lipinski definition) is 9. The summed E-state index contributed by atoms with van der Waals surface area (Å²) in [5.74, 6) is -1.13. The predicted molar refractivity (Wildman–Crippen MR) is 140 cm³/mol. The number of aliphatic hydroxyl groups is 1. The molecule has 0 bridgehead atoms. The standard InChI is InChI=1S/C26H29F4N9O3/c1-37-23(25(42)32-12-20-11-18(7-9-31-20)26(28,29)30)15-39(36-37)13-19(27)8-10-38-14-21(34-35-38)24(41)33-22(16-40)17-5-3-2-4-6-17/h2-7,9,11,14-15,19,22,36,40H,8,10,12-13,16H2,1H3,(H,32,42)(H,33,41)/t19-,22-/m1/s1. The molecule has 16 heteroatoms. The van der Waals surface area contributed by atoms with Crippen LogP contribution in [0, 0.1) is 0 Å². The zero-order valence-electron chi connectivity index (χ0n) is 22.4. The van der Waals surface area contributed by atoms with Crippen molar-refractivity contribution in [3.05, 3.63) is 89.3 Å². The van der Waals surface area contributed by atoms with Gasteiger partial charge in [0.05, 0.1) is 43.2 Å². The number of hydrogen-bond donors (Lipinski definition) is 4. The molecule has 0 saturated carbocycles. The van der Waals surface area contributed by atoms with Crippen molar-refractivity contribution in [2.45, 2.75) is 37.9 Å². The third-order valence-corrected chi connectivity index (χ3v) is 6.25. The molecular formula is C26H29F4N9O3. The second-order valence-corrected chi connectivity index (χ2v) is 9.41. The highest BCUT2D eigenvalue weighted by molar-refractivity contribution is 5.93. The van der Waals surface area contributed by atoms with Crippen LogP contribution in [-0.4, -0.2) is 73.3 Å². The minimum atomic E-state index is -4.53. The maximum atomic E-state index is 14.8. The first-order valence-electron chi connectivity index (χ1n) is 12.8. The van der Waals surface area contributed by atoms with Gasteiger partial charge in [-0.25, -0.2) is 4.39 Å². The molecule has 2 atom stereocenters. The maximum Gasteiger partial charge on any atom is 0.416 e. The van der Waals surface area contributed by atoms with Crippen LogP contribution in [-0.2, 0) is 24.1 Å². The lowest BCUT2D eigenvalue weighted by Gasteiger charge is -2.21. The molecule has 2 amide bonds. The lowest BCUT2D eigenvalue weighted by atomic mass is 10.1. The zero-order chi connectivity index (χ0) is 30.3. The molecular weight excluding hydrogens is 562 g/mol. The van der Waals surface area contributed by atoms with Crippen molar-refractivity contribution in [1.29, 1.82) is 0 Å². The van der Waals surface area contributed by atoms with Crippen LogP contribution in [0.2, 0.25) is 0 Å². The summed E-state index contributed by atoms with van der Waals surface area (Å²) in [5.41, 5.74) is 2.83. The number of aryl methyl sites for hydroxylation is 1. The number of benzene rings is 1. The predicted octanol–water partition coefficient (Wildman–Crippen LogP) is 1.71. The number of aliphatic hydroxyl groups excluding tert-OH is 1. The number of pyridine rings is 1. The lowest BCUT2D eigenvalue weighted by molar-refractivity contribution is -0.137. The Balaban J connectivity index is 1.24. The van der Waals surface area contributed by atoms with Crippen molar-refractivity contribution in [1.82, 2.24) is 46.2 Å². The van der Waals surface area contributed by atoms with Crippen LogP contribution in [0.3, 0.4) is 0 Å². The van der Waals surface area contributed by atoms with Crippen molar-refractivity contribution in [2.24, 2.45) is 0 Å². The highest BCUT2D eigenvalue weighted by Gasteiger charge is 2.31. The van der Waals surface area contributed by atoms with E-state index in [4.69, 9.17) is 0 Å². The molecule has 1 aliphatic heterocycles. The third kappa shape index (κ3) is 8.01. The van der Waals surface area contributed by atoms with E-state index in [1.807, 2.05) is 6.07 Å². The van der Waals surface area contributed by atoms with Crippen molar-refractivity contribution in [2.75, 3.05) is 20.2 Å². The Bertz CT molecular complexity index is 1400. The van der Waals surface area contributed by atoms with E-state index in [-0.39, 0.29) is 49.7 Å². The van der Waals surface area contributed by atoms with E-state index < -0.39 is 35.8 Å². The molecule has 224 valence electrons. The molecule has 0 aliphatic carbocycles. The van der Waals surface area contributed by atoms with Gasteiger partial charge in [-0.15, -0.1) is 10.6 Å². The molecule has 3 aromatic rings. The van der Waals surface area contributed by atoms with Gasteiger partial charge in [0.25, 0.3) is 11.8 Å². The molecule has 0 spiro atoms. The first-order chi connectivity index (χ1) is 20.0. The Morgan fingerprint density at radius 3 is 2.62 bits per heavy atom. The Morgan fingerprint density at radius 2 is 1.90 bits per heavy atom. The molecule has 4 N–H and O–H groups in total. The van der Waals surface area contributed by atoms with Gasteiger partial charge in [0, 0.05) is 32.4 Å². The molecule has 0 unspecified atom stereocenters. The fraction of sp³-hybridized carbons (Fsp3) is 0.346. The van der Waals surface area contributed by atoms with Gasteiger partial charge in [-0.1, -0.05) is 35.5 Å². The quantitative estimate of drug-likeness (QED) is 0.232. The largest absolute Gasteiger partial charge is 0.416 e. The van der Waals surface area contributed by atoms with Crippen LogP contribution in [0.4, 0.5) is 17.6 Å². The fourth-order valence-electron chi connectivity index (χ4n) is 4.07. The van der Waals surface area contributed by atoms with Crippen LogP contribution in [0.5, 0.6) is 0 Å². The Morgan fingerprint density at radius 1 is 1.14 bits per heavy atom. The van der Waals surface area contributed by atoms with Crippen molar-refractivity contribution in [3.8, 4) is 0 Å². The first-order valence-corrected chi connectivity index (χ1v) is 12.8. The topological polar surface area (TPSA) is 141 Å². The number of carbonyl (C=O) groups excluding carboxylic acids is 2. The van der Waals surface area contributed by atoms with Gasteiger partial charge in [0.1, 0.15) is 11.9 Å². The number of aromatic nitrogens is 4. The average Bonchev–Trinajstić information content (AvgIpc) is 3.60. The normalized spacial score (nSPS) is 14.9. The molecule has 1 aromatic carbocycles. The van der Waals surface area contributed by atoms with Gasteiger partial charge in [-0.2, -0.15) is 13.2 Å². The van der Waals surface area contributed by atoms with E-state index in [0.717, 1.165) is 23.9 Å². The molecule has 12 nitrogen and oxygen atoms in total. The van der Waals surface area contributed by atoms with E-state index in [0.29, 0.717) is 0 Å². The number of halogens is 4. The average molecular weight is 592 g/mol. The summed E-state index contributed by atoms with van der Waals surface area (Å²) in [7, 11) is 1.53. The number of amides is 2. The van der Waals surface area contributed by atoms with Crippen LogP contribution in [0.1, 0.15) is 39.8 Å². The maximum absolute atomic E-state index is 14.8. The molecule has 42 heavy (non-hydrogen) atoms. The number of nitrogens with zero attached hydrogens (tertiary/aromatic N) is 6. The Kier molecular flexibility index (Phi) is 9.69. The van der Waals surface area contributed by atoms with E-state index in [1.165, 1.54) is 34.1 Å². The molecule has 4 rings (SSSR count). The summed E-state index contributed by atoms with van der Waals surface area (Å²) in [6, 6.07) is 10.0. The highest BCUT2D eigenvalue weighted by atomic mass is 19.4. The smallest absolute Gasteiger partial charge is 0.394 e. The summed E-state index contributed by atoms with van der Waals surface area (Å²) in [5, 5.41) is 25.2. The van der Waals surface area contributed by atoms with Crippen molar-refractivity contribution >= 4 is 11.8 Å². The van der Waals surface area contributed by atoms with E-state index in [2.05, 4.69) is 31.5 Å². The molecule has 0 fully saturated rings. The van der Waals surface area contributed by atoms with Gasteiger partial charge in [0.15, 0.2) is 5.69 Å². The molecule has 0 radical (unpaired) electrons. The third-order valence-electron chi connectivity index (χ3n) is 6.25. The minimum Gasteiger partial charge on any atom is -0.394 e. The zero-order valence-corrected chi connectivity index (χ0v) is 22.4. The Hall–Kier alpha value is -4.57. The number of nitrogens with one attached hydrogen (secondary N) is 3. The summed E-state index contributed by atoms with van der Waals surface area (Å²) < 4.78 is 54.8. The molecule has 0 saturated heterocycles. The molecule has 3 heterocycles. The van der Waals surface area contributed by atoms with E-state index in [1.54, 1.807) is 24.3 Å². The van der Waals surface area contributed by atoms with Gasteiger partial charge >= 0.3 is 6.18 Å². The highest BCUT2D eigenvalue weighted by Crippen LogP contribution is 2.29. The lowest BCUT2D eigenvalue weighted by Crippen LogP contribution is -2.42. The van der Waals surface area contributed by atoms with Crippen LogP contribution < -0.4 is 16.2 Å². The van der Waals surface area contributed by atoms with Crippen molar-refractivity contribution in [3.63, 3.8) is 0 Å². The second-order valence-electron chi connectivity index (χ2n) is 9.41. The van der Waals surface area contributed by atoms with Crippen LogP contribution in [0.25, 0.3) is 0 Å². The van der Waals surface area contributed by atoms with Gasteiger partial charge in [-0.05, 0) is 17.7 Å². The summed E-state index contributed by atoms with van der Waals surface area (Å²) in [6.45, 7) is -0.551. The summed E-state index contributed by atoms with van der Waals surface area (Å²) in [6.07, 6.45) is -2.10. The number of carbonyl (C=O) groups is 2. The summed E-state index contributed by atoms with van der Waals surface area (Å²) >= 11 is 0. The van der Waals surface area contributed by atoms with Gasteiger partial charge in [0.2, 0.25) is 0 Å². The minimum absolute atomic E-state index is 0.0153. The van der Waals surface area contributed by atoms with Gasteiger partial charge in [-0.3, -0.25) is 29.3 Å². The van der Waals surface area contributed by atoms with Crippen LogP contribution >= 0.6 is 0 Å². The first kappa shape index (κ1) is 30.4. The number of hydrazine groups is 2.